The highest BCUT2D eigenvalue weighted by atomic mass is 35.5. The first kappa shape index (κ1) is 22.7. The molecule has 170 valence electrons. The van der Waals surface area contributed by atoms with Gasteiger partial charge in [0.15, 0.2) is 5.16 Å². The normalized spacial score (nSPS) is 15.6. The van der Waals surface area contributed by atoms with Crippen LogP contribution in [0, 0.1) is 0 Å². The number of thioether (sulfide) groups is 1. The summed E-state index contributed by atoms with van der Waals surface area (Å²) < 4.78 is 7.01. The van der Waals surface area contributed by atoms with E-state index in [-0.39, 0.29) is 5.56 Å². The number of aromatic nitrogens is 2. The zero-order chi connectivity index (χ0) is 23.1. The van der Waals surface area contributed by atoms with Crippen molar-refractivity contribution < 1.29 is 9.64 Å². The summed E-state index contributed by atoms with van der Waals surface area (Å²) in [7, 11) is 3.81. The quantitative estimate of drug-likeness (QED) is 0.309. The summed E-state index contributed by atoms with van der Waals surface area (Å²) in [5.74, 6) is 1.24. The molecule has 0 spiro atoms. The second kappa shape index (κ2) is 9.31. The Morgan fingerprint density at radius 3 is 2.61 bits per heavy atom. The van der Waals surface area contributed by atoms with E-state index in [1.165, 1.54) is 21.5 Å². The molecule has 2 aromatic carbocycles. The van der Waals surface area contributed by atoms with Crippen molar-refractivity contribution in [2.45, 2.75) is 23.9 Å². The number of nitrogens with one attached hydrogen (secondary N) is 1. The minimum Gasteiger partial charge on any atom is -0.497 e. The second-order valence-corrected chi connectivity index (χ2v) is 10.9. The topological polar surface area (TPSA) is 48.6 Å². The molecular formula is C24H22Cl2N3O2S2+. The summed E-state index contributed by atoms with van der Waals surface area (Å²) in [4.78, 5) is 22.4. The van der Waals surface area contributed by atoms with Gasteiger partial charge < -0.3 is 9.64 Å². The number of hydrogen-bond acceptors (Lipinski definition) is 5. The van der Waals surface area contributed by atoms with Crippen LogP contribution < -0.4 is 15.2 Å². The fraction of sp³-hybridized carbons (Fsp3) is 0.250. The molecule has 0 saturated heterocycles. The predicted octanol–water partition coefficient (Wildman–Crippen LogP) is 4.63. The van der Waals surface area contributed by atoms with Gasteiger partial charge in [-0.3, -0.25) is 9.36 Å². The minimum absolute atomic E-state index is 0.0324. The van der Waals surface area contributed by atoms with Crippen LogP contribution in [0.3, 0.4) is 0 Å². The third-order valence-corrected chi connectivity index (χ3v) is 8.68. The molecule has 2 aromatic heterocycles. The Balaban J connectivity index is 1.66. The van der Waals surface area contributed by atoms with Crippen molar-refractivity contribution in [2.24, 2.45) is 0 Å². The standard InChI is InChI=1S/C24H21Cl2N3O2S2/c1-28-11-10-16-20(12-28)33-22-21(16)23(30)29(14-6-8-15(31-2)9-7-14)24(27-22)32-13-17-18(25)4-3-5-19(17)26/h3-9H,10-13H2,1-2H3/p+1. The molecule has 4 aromatic rings. The molecule has 5 rings (SSSR count). The Morgan fingerprint density at radius 2 is 1.91 bits per heavy atom. The zero-order valence-electron chi connectivity index (χ0n) is 18.2. The first-order chi connectivity index (χ1) is 16.0. The lowest BCUT2D eigenvalue weighted by atomic mass is 10.1. The van der Waals surface area contributed by atoms with E-state index in [9.17, 15) is 4.79 Å². The van der Waals surface area contributed by atoms with E-state index in [0.717, 1.165) is 52.3 Å². The molecule has 33 heavy (non-hydrogen) atoms. The van der Waals surface area contributed by atoms with Crippen LogP contribution in [0.1, 0.15) is 16.0 Å². The number of thiophene rings is 1. The van der Waals surface area contributed by atoms with E-state index in [1.54, 1.807) is 23.0 Å². The molecule has 1 aliphatic rings. The lowest BCUT2D eigenvalue weighted by molar-refractivity contribution is -0.895. The van der Waals surface area contributed by atoms with Gasteiger partial charge in [0.2, 0.25) is 0 Å². The van der Waals surface area contributed by atoms with Crippen LogP contribution in [0.5, 0.6) is 5.75 Å². The average Bonchev–Trinajstić information content (AvgIpc) is 3.16. The number of rotatable bonds is 5. The maximum absolute atomic E-state index is 13.9. The van der Waals surface area contributed by atoms with E-state index in [1.807, 2.05) is 42.5 Å². The third kappa shape index (κ3) is 4.29. The monoisotopic (exact) mass is 518 g/mol. The summed E-state index contributed by atoms with van der Waals surface area (Å²) >= 11 is 15.9. The predicted molar refractivity (Wildman–Crippen MR) is 137 cm³/mol. The highest BCUT2D eigenvalue weighted by Gasteiger charge is 2.26. The van der Waals surface area contributed by atoms with Gasteiger partial charge in [0.25, 0.3) is 5.56 Å². The molecule has 1 atom stereocenters. The SMILES string of the molecule is COc1ccc(-n2c(SCc3c(Cl)cccc3Cl)nc3sc4c(c3c2=O)CC[NH+](C)C4)cc1. The summed E-state index contributed by atoms with van der Waals surface area (Å²) in [5, 5.41) is 2.57. The van der Waals surface area contributed by atoms with Crippen LogP contribution in [0.15, 0.2) is 52.4 Å². The number of quaternary nitrogens is 1. The third-order valence-electron chi connectivity index (χ3n) is 5.88. The molecular weight excluding hydrogens is 497 g/mol. The maximum Gasteiger partial charge on any atom is 0.267 e. The Bertz CT molecular complexity index is 1380. The van der Waals surface area contributed by atoms with E-state index in [0.29, 0.717) is 21.0 Å². The van der Waals surface area contributed by atoms with Crippen molar-refractivity contribution in [3.8, 4) is 11.4 Å². The maximum atomic E-state index is 13.9. The van der Waals surface area contributed by atoms with Crippen LogP contribution in [0.25, 0.3) is 15.9 Å². The molecule has 0 amide bonds. The van der Waals surface area contributed by atoms with Crippen molar-refractivity contribution in [2.75, 3.05) is 20.7 Å². The molecule has 0 bridgehead atoms. The van der Waals surface area contributed by atoms with Crippen molar-refractivity contribution in [1.82, 2.24) is 9.55 Å². The smallest absolute Gasteiger partial charge is 0.267 e. The summed E-state index contributed by atoms with van der Waals surface area (Å²) in [6.45, 7) is 1.94. The first-order valence-electron chi connectivity index (χ1n) is 10.5. The van der Waals surface area contributed by atoms with Gasteiger partial charge in [-0.25, -0.2) is 4.98 Å². The fourth-order valence-electron chi connectivity index (χ4n) is 4.10. The summed E-state index contributed by atoms with van der Waals surface area (Å²) in [6.07, 6.45) is 0.891. The largest absolute Gasteiger partial charge is 0.497 e. The Labute approximate surface area is 209 Å². The fourth-order valence-corrected chi connectivity index (χ4v) is 7.23. The van der Waals surface area contributed by atoms with Crippen molar-refractivity contribution >= 4 is 56.5 Å². The Morgan fingerprint density at radius 1 is 1.18 bits per heavy atom. The molecule has 1 N–H and O–H groups in total. The van der Waals surface area contributed by atoms with Crippen LogP contribution >= 0.6 is 46.3 Å². The van der Waals surface area contributed by atoms with Gasteiger partial charge in [0, 0.05) is 22.2 Å². The van der Waals surface area contributed by atoms with Gasteiger partial charge >= 0.3 is 0 Å². The number of fused-ring (bicyclic) bond motifs is 3. The number of ether oxygens (including phenoxy) is 1. The summed E-state index contributed by atoms with van der Waals surface area (Å²) in [5.41, 5.74) is 2.71. The van der Waals surface area contributed by atoms with Crippen LogP contribution in [-0.4, -0.2) is 30.3 Å². The van der Waals surface area contributed by atoms with Crippen LogP contribution in [-0.2, 0) is 18.7 Å². The molecule has 9 heteroatoms. The van der Waals surface area contributed by atoms with Crippen LogP contribution in [0.4, 0.5) is 0 Å². The lowest BCUT2D eigenvalue weighted by Gasteiger charge is -2.19. The highest BCUT2D eigenvalue weighted by Crippen LogP contribution is 2.35. The summed E-state index contributed by atoms with van der Waals surface area (Å²) in [6, 6.07) is 12.9. The van der Waals surface area contributed by atoms with Crippen LogP contribution in [0.2, 0.25) is 10.0 Å². The lowest BCUT2D eigenvalue weighted by Crippen LogP contribution is -3.08. The average molecular weight is 519 g/mol. The van der Waals surface area contributed by atoms with E-state index < -0.39 is 0 Å². The highest BCUT2D eigenvalue weighted by molar-refractivity contribution is 7.98. The second-order valence-electron chi connectivity index (χ2n) is 8.04. The minimum atomic E-state index is -0.0324. The van der Waals surface area contributed by atoms with Gasteiger partial charge in [0.05, 0.1) is 36.7 Å². The van der Waals surface area contributed by atoms with Gasteiger partial charge in [-0.2, -0.15) is 0 Å². The van der Waals surface area contributed by atoms with Gasteiger partial charge in [0.1, 0.15) is 17.1 Å². The number of methoxy groups -OCH3 is 1. The first-order valence-corrected chi connectivity index (χ1v) is 13.1. The van der Waals surface area contributed by atoms with Gasteiger partial charge in [-0.15, -0.1) is 11.3 Å². The number of likely N-dealkylation sites (N-methyl/N-ethyl adjacent to an activating group) is 1. The molecule has 0 fully saturated rings. The number of nitrogens with zero attached hydrogens (tertiary/aromatic N) is 2. The zero-order valence-corrected chi connectivity index (χ0v) is 21.3. The molecule has 0 radical (unpaired) electrons. The number of halogens is 2. The van der Waals surface area contributed by atoms with E-state index >= 15 is 0 Å². The molecule has 0 saturated carbocycles. The molecule has 1 aliphatic heterocycles. The molecule has 3 heterocycles. The van der Waals surface area contributed by atoms with Gasteiger partial charge in [-0.05, 0) is 47.5 Å². The van der Waals surface area contributed by atoms with Crippen molar-refractivity contribution in [3.63, 3.8) is 0 Å². The van der Waals surface area contributed by atoms with E-state index in [2.05, 4.69) is 7.05 Å². The molecule has 5 nitrogen and oxygen atoms in total. The van der Waals surface area contributed by atoms with Crippen molar-refractivity contribution in [1.29, 1.82) is 0 Å². The number of hydrogen-bond donors (Lipinski definition) is 1. The molecule has 1 unspecified atom stereocenters. The Hall–Kier alpha value is -2.03. The van der Waals surface area contributed by atoms with Crippen molar-refractivity contribution in [3.05, 3.63) is 78.9 Å². The Kier molecular flexibility index (Phi) is 6.42. The van der Waals surface area contributed by atoms with Gasteiger partial charge in [-0.1, -0.05) is 41.0 Å². The number of benzene rings is 2. The molecule has 0 aliphatic carbocycles. The van der Waals surface area contributed by atoms with E-state index in [4.69, 9.17) is 32.9 Å².